The maximum atomic E-state index is 12.6. The minimum absolute atomic E-state index is 0.0239. The summed E-state index contributed by atoms with van der Waals surface area (Å²) in [7, 11) is 3.78. The summed E-state index contributed by atoms with van der Waals surface area (Å²) in [4.78, 5) is 28.5. The van der Waals surface area contributed by atoms with Crippen LogP contribution in [0.25, 0.3) is 5.57 Å². The van der Waals surface area contributed by atoms with Gasteiger partial charge in [-0.2, -0.15) is 0 Å². The number of hydrogen-bond donors (Lipinski definition) is 2. The minimum atomic E-state index is -0.861. The Kier molecular flexibility index (Phi) is 9.75. The standard InChI is InChI=1S/C46H69N3O3/c1-30(2)34-16-23-46(47-26-29-49-27-19-32(20-28-49)40(50)48(8)9)25-24-44(6)36(39(34)46)14-15-38-43(5)21-17-35(31-10-12-33(13-11-31)41(51)52)42(3,4)37(43)18-22-45(38,44)7/h10-13,17,32,34,36-39,47H,1,14-16,18-29H2,2-9H3,(H,51,52). The van der Waals surface area contributed by atoms with Crippen LogP contribution in [0, 0.1) is 57.2 Å². The number of carboxylic acid groups (broad SMARTS) is 1. The van der Waals surface area contributed by atoms with E-state index in [9.17, 15) is 14.7 Å². The summed E-state index contributed by atoms with van der Waals surface area (Å²) in [5, 5.41) is 13.8. The number of benzene rings is 1. The molecule has 2 N–H and O–H groups in total. The average molecular weight is 712 g/mol. The average Bonchev–Trinajstić information content (AvgIpc) is 3.48. The molecule has 1 heterocycles. The molecule has 5 aliphatic carbocycles. The Bertz CT molecular complexity index is 1590. The Hall–Kier alpha value is -2.44. The lowest BCUT2D eigenvalue weighted by Gasteiger charge is -2.72. The Morgan fingerprint density at radius 2 is 1.58 bits per heavy atom. The van der Waals surface area contributed by atoms with Crippen molar-refractivity contribution in [3.8, 4) is 0 Å². The largest absolute Gasteiger partial charge is 0.478 e. The van der Waals surface area contributed by atoms with Crippen molar-refractivity contribution in [1.29, 1.82) is 0 Å². The Morgan fingerprint density at radius 1 is 0.885 bits per heavy atom. The monoisotopic (exact) mass is 712 g/mol. The fourth-order valence-electron chi connectivity index (χ4n) is 14.6. The number of piperidine rings is 1. The molecule has 52 heavy (non-hydrogen) atoms. The maximum absolute atomic E-state index is 12.6. The molecule has 6 aliphatic rings. The smallest absolute Gasteiger partial charge is 0.335 e. The van der Waals surface area contributed by atoms with Gasteiger partial charge in [0, 0.05) is 38.6 Å². The van der Waals surface area contributed by atoms with E-state index >= 15 is 0 Å². The first-order chi connectivity index (χ1) is 24.5. The first kappa shape index (κ1) is 37.9. The number of carbonyl (C=O) groups is 2. The molecule has 6 nitrogen and oxygen atoms in total. The molecule has 1 aliphatic heterocycles. The van der Waals surface area contributed by atoms with Crippen molar-refractivity contribution in [1.82, 2.24) is 15.1 Å². The molecule has 4 saturated carbocycles. The van der Waals surface area contributed by atoms with Gasteiger partial charge in [-0.3, -0.25) is 4.79 Å². The number of aromatic carboxylic acids is 1. The molecule has 0 bridgehead atoms. The van der Waals surface area contributed by atoms with E-state index in [1.165, 1.54) is 68.1 Å². The zero-order valence-electron chi connectivity index (χ0n) is 33.8. The predicted molar refractivity (Wildman–Crippen MR) is 212 cm³/mol. The van der Waals surface area contributed by atoms with Crippen LogP contribution in [-0.4, -0.2) is 72.6 Å². The third kappa shape index (κ3) is 5.78. The van der Waals surface area contributed by atoms with E-state index in [1.807, 2.05) is 26.2 Å². The molecule has 5 fully saturated rings. The molecule has 1 aromatic rings. The summed E-state index contributed by atoms with van der Waals surface area (Å²) in [5.74, 6) is 2.88. The summed E-state index contributed by atoms with van der Waals surface area (Å²) in [6.45, 7) is 24.2. The van der Waals surface area contributed by atoms with Crippen LogP contribution in [0.5, 0.6) is 0 Å². The van der Waals surface area contributed by atoms with Gasteiger partial charge in [0.1, 0.15) is 0 Å². The normalized spacial score (nSPS) is 40.1. The van der Waals surface area contributed by atoms with E-state index in [1.54, 1.807) is 17.0 Å². The first-order valence-electron chi connectivity index (χ1n) is 20.9. The van der Waals surface area contributed by atoms with Gasteiger partial charge in [0.25, 0.3) is 0 Å². The van der Waals surface area contributed by atoms with Crippen molar-refractivity contribution < 1.29 is 14.7 Å². The highest BCUT2D eigenvalue weighted by Crippen LogP contribution is 2.76. The van der Waals surface area contributed by atoms with Crippen LogP contribution in [0.15, 0.2) is 42.5 Å². The van der Waals surface area contributed by atoms with Crippen LogP contribution in [0.2, 0.25) is 0 Å². The summed E-state index contributed by atoms with van der Waals surface area (Å²) in [5.41, 5.74) is 5.44. The van der Waals surface area contributed by atoms with Gasteiger partial charge in [-0.25, -0.2) is 4.79 Å². The Labute approximate surface area is 315 Å². The van der Waals surface area contributed by atoms with Gasteiger partial charge < -0.3 is 20.2 Å². The van der Waals surface area contributed by atoms with Crippen molar-refractivity contribution in [2.75, 3.05) is 40.3 Å². The molecule has 286 valence electrons. The maximum Gasteiger partial charge on any atom is 0.335 e. The van der Waals surface area contributed by atoms with Crippen LogP contribution in [0.3, 0.4) is 0 Å². The second-order valence-electron chi connectivity index (χ2n) is 20.0. The molecule has 6 heteroatoms. The van der Waals surface area contributed by atoms with Gasteiger partial charge in [-0.15, -0.1) is 0 Å². The third-order valence-electron chi connectivity index (χ3n) is 17.4. The Balaban J connectivity index is 1.10. The topological polar surface area (TPSA) is 72.9 Å². The molecule has 0 spiro atoms. The van der Waals surface area contributed by atoms with Gasteiger partial charge in [0.2, 0.25) is 5.91 Å². The number of carbonyl (C=O) groups excluding carboxylic acids is 1. The molecule has 1 aromatic carbocycles. The summed E-state index contributed by atoms with van der Waals surface area (Å²) in [6.07, 6.45) is 16.0. The molecule has 0 aromatic heterocycles. The number of allylic oxidation sites excluding steroid dienone is 3. The fraction of sp³-hybridized carbons (Fsp3) is 0.739. The van der Waals surface area contributed by atoms with Crippen LogP contribution in [-0.2, 0) is 4.79 Å². The lowest BCUT2D eigenvalue weighted by atomic mass is 9.33. The SMILES string of the molecule is C=C(C)C1CCC2(NCCN3CCC(C(=O)N(C)C)CC3)CCC3(C)C(CCC4C5(C)CC=C(c6ccc(C(=O)O)cc6)C(C)(C)C5CCC43C)C12. The van der Waals surface area contributed by atoms with E-state index in [2.05, 4.69) is 64.4 Å². The molecule has 7 rings (SSSR count). The minimum Gasteiger partial charge on any atom is -0.478 e. The van der Waals surface area contributed by atoms with Crippen LogP contribution in [0.4, 0.5) is 0 Å². The van der Waals surface area contributed by atoms with Crippen LogP contribution >= 0.6 is 0 Å². The van der Waals surface area contributed by atoms with Crippen LogP contribution in [0.1, 0.15) is 128 Å². The van der Waals surface area contributed by atoms with Crippen molar-refractivity contribution in [3.63, 3.8) is 0 Å². The van der Waals surface area contributed by atoms with Crippen molar-refractivity contribution >= 4 is 17.4 Å². The molecule has 1 saturated heterocycles. The third-order valence-corrected chi connectivity index (χ3v) is 17.4. The summed E-state index contributed by atoms with van der Waals surface area (Å²) >= 11 is 0. The lowest BCUT2D eigenvalue weighted by molar-refractivity contribution is -0.219. The van der Waals surface area contributed by atoms with E-state index in [0.717, 1.165) is 45.4 Å². The molecular weight excluding hydrogens is 643 g/mol. The molecule has 9 unspecified atom stereocenters. The van der Waals surface area contributed by atoms with Crippen LogP contribution < -0.4 is 5.32 Å². The van der Waals surface area contributed by atoms with Gasteiger partial charge in [-0.05, 0) is 165 Å². The second-order valence-corrected chi connectivity index (χ2v) is 20.0. The number of nitrogens with one attached hydrogen (secondary N) is 1. The summed E-state index contributed by atoms with van der Waals surface area (Å²) in [6, 6.07) is 7.63. The molecule has 9 atom stereocenters. The first-order valence-corrected chi connectivity index (χ1v) is 20.9. The highest BCUT2D eigenvalue weighted by molar-refractivity contribution is 5.88. The van der Waals surface area contributed by atoms with E-state index in [0.29, 0.717) is 51.9 Å². The number of hydrogen-bond acceptors (Lipinski definition) is 4. The zero-order valence-corrected chi connectivity index (χ0v) is 33.8. The zero-order chi connectivity index (χ0) is 37.4. The molecule has 0 radical (unpaired) electrons. The van der Waals surface area contributed by atoms with E-state index < -0.39 is 5.97 Å². The highest BCUT2D eigenvalue weighted by Gasteiger charge is 2.70. The van der Waals surface area contributed by atoms with Crippen molar-refractivity contribution in [3.05, 3.63) is 53.6 Å². The predicted octanol–water partition coefficient (Wildman–Crippen LogP) is 9.18. The number of nitrogens with zero attached hydrogens (tertiary/aromatic N) is 2. The summed E-state index contributed by atoms with van der Waals surface area (Å²) < 4.78 is 0. The fourth-order valence-corrected chi connectivity index (χ4v) is 14.6. The number of likely N-dealkylation sites (tertiary alicyclic amines) is 1. The van der Waals surface area contributed by atoms with Gasteiger partial charge >= 0.3 is 5.97 Å². The number of carboxylic acids is 1. The Morgan fingerprint density at radius 3 is 2.21 bits per heavy atom. The van der Waals surface area contributed by atoms with Gasteiger partial charge in [0.05, 0.1) is 5.56 Å². The number of amides is 1. The van der Waals surface area contributed by atoms with E-state index in [-0.39, 0.29) is 22.3 Å². The molecule has 1 amide bonds. The van der Waals surface area contributed by atoms with Crippen molar-refractivity contribution in [2.24, 2.45) is 57.2 Å². The van der Waals surface area contributed by atoms with Gasteiger partial charge in [0.15, 0.2) is 0 Å². The molecular formula is C46H69N3O3. The van der Waals surface area contributed by atoms with E-state index in [4.69, 9.17) is 0 Å². The van der Waals surface area contributed by atoms with Crippen molar-refractivity contribution in [2.45, 2.75) is 118 Å². The quantitative estimate of drug-likeness (QED) is 0.263. The highest BCUT2D eigenvalue weighted by atomic mass is 16.4. The lowest BCUT2D eigenvalue weighted by Crippen LogP contribution is -2.68. The second kappa shape index (κ2) is 13.4. The number of fused-ring (bicyclic) bond motifs is 7. The number of rotatable bonds is 8. The van der Waals surface area contributed by atoms with Gasteiger partial charge in [-0.1, -0.05) is 65.0 Å².